The summed E-state index contributed by atoms with van der Waals surface area (Å²) in [5.74, 6) is 0.0953. The molecule has 0 fully saturated rings. The third-order valence-corrected chi connectivity index (χ3v) is 5.33. The van der Waals surface area contributed by atoms with Gasteiger partial charge in [-0.3, -0.25) is 9.59 Å². The number of halogens is 1. The van der Waals surface area contributed by atoms with Crippen LogP contribution < -0.4 is 10.6 Å². The highest BCUT2D eigenvalue weighted by Crippen LogP contribution is 2.21. The molecule has 3 aromatic rings. The lowest BCUT2D eigenvalue weighted by Gasteiger charge is -2.07. The number of rotatable bonds is 6. The molecule has 0 aliphatic carbocycles. The molecule has 0 bridgehead atoms. The van der Waals surface area contributed by atoms with Gasteiger partial charge in [0.1, 0.15) is 5.03 Å². The van der Waals surface area contributed by atoms with Crippen molar-refractivity contribution in [3.8, 4) is 0 Å². The first kappa shape index (κ1) is 20.8. The first-order chi connectivity index (χ1) is 13.9. The van der Waals surface area contributed by atoms with E-state index >= 15 is 0 Å². The molecule has 29 heavy (non-hydrogen) atoms. The van der Waals surface area contributed by atoms with E-state index in [1.807, 2.05) is 32.0 Å². The number of aryl methyl sites for hydroxylation is 2. The van der Waals surface area contributed by atoms with Crippen LogP contribution in [0.15, 0.2) is 59.6 Å². The molecule has 0 spiro atoms. The van der Waals surface area contributed by atoms with Crippen LogP contribution >= 0.6 is 23.4 Å². The van der Waals surface area contributed by atoms with Gasteiger partial charge in [0.2, 0.25) is 5.91 Å². The number of amides is 2. The number of hydrogen-bond donors (Lipinski definition) is 2. The Kier molecular flexibility index (Phi) is 6.85. The molecule has 0 radical (unpaired) electrons. The summed E-state index contributed by atoms with van der Waals surface area (Å²) in [6, 6.07) is 16.0. The highest BCUT2D eigenvalue weighted by atomic mass is 35.5. The smallest absolute Gasteiger partial charge is 0.256 e. The lowest BCUT2D eigenvalue weighted by molar-refractivity contribution is -0.113. The van der Waals surface area contributed by atoms with Gasteiger partial charge in [-0.1, -0.05) is 47.1 Å². The largest absolute Gasteiger partial charge is 0.325 e. The van der Waals surface area contributed by atoms with Crippen LogP contribution in [0, 0.1) is 13.8 Å². The number of nitrogens with one attached hydrogen (secondary N) is 2. The second kappa shape index (κ2) is 9.54. The minimum atomic E-state index is -0.254. The van der Waals surface area contributed by atoms with Gasteiger partial charge in [0.15, 0.2) is 5.82 Å². The number of thioether (sulfide) groups is 1. The van der Waals surface area contributed by atoms with Crippen LogP contribution in [0.3, 0.4) is 0 Å². The maximum atomic E-state index is 12.2. The van der Waals surface area contributed by atoms with E-state index in [0.717, 1.165) is 11.1 Å². The van der Waals surface area contributed by atoms with Crippen molar-refractivity contribution in [2.45, 2.75) is 18.9 Å². The Morgan fingerprint density at radius 2 is 1.72 bits per heavy atom. The van der Waals surface area contributed by atoms with Crippen molar-refractivity contribution in [3.63, 3.8) is 0 Å². The molecular weight excluding hydrogens is 408 g/mol. The third kappa shape index (κ3) is 6.04. The van der Waals surface area contributed by atoms with Crippen molar-refractivity contribution in [1.29, 1.82) is 0 Å². The lowest BCUT2D eigenvalue weighted by Crippen LogP contribution is -2.14. The number of carbonyl (C=O) groups excluding carboxylic acids is 2. The fourth-order valence-corrected chi connectivity index (χ4v) is 3.16. The zero-order chi connectivity index (χ0) is 20.8. The van der Waals surface area contributed by atoms with Crippen molar-refractivity contribution in [2.75, 3.05) is 16.4 Å². The van der Waals surface area contributed by atoms with Crippen LogP contribution in [0.25, 0.3) is 0 Å². The van der Waals surface area contributed by atoms with E-state index < -0.39 is 0 Å². The lowest BCUT2D eigenvalue weighted by atomic mass is 10.1. The Labute approximate surface area is 178 Å². The molecule has 148 valence electrons. The van der Waals surface area contributed by atoms with Gasteiger partial charge in [0.05, 0.1) is 5.75 Å². The van der Waals surface area contributed by atoms with E-state index in [-0.39, 0.29) is 17.6 Å². The molecule has 3 rings (SSSR count). The number of carbonyl (C=O) groups is 2. The molecule has 0 aliphatic heterocycles. The third-order valence-electron chi connectivity index (χ3n) is 4.00. The molecule has 8 heteroatoms. The number of nitrogens with zero attached hydrogens (tertiary/aromatic N) is 2. The summed E-state index contributed by atoms with van der Waals surface area (Å²) < 4.78 is 0. The van der Waals surface area contributed by atoms with Gasteiger partial charge in [0.25, 0.3) is 5.91 Å². The van der Waals surface area contributed by atoms with E-state index in [1.54, 1.807) is 36.4 Å². The molecule has 0 saturated carbocycles. The number of hydrogen-bond acceptors (Lipinski definition) is 5. The summed E-state index contributed by atoms with van der Waals surface area (Å²) in [5, 5.41) is 14.7. The van der Waals surface area contributed by atoms with Gasteiger partial charge in [-0.25, -0.2) is 0 Å². The van der Waals surface area contributed by atoms with Crippen molar-refractivity contribution >= 4 is 46.7 Å². The monoisotopic (exact) mass is 426 g/mol. The van der Waals surface area contributed by atoms with Gasteiger partial charge in [0, 0.05) is 16.3 Å². The summed E-state index contributed by atoms with van der Waals surface area (Å²) in [7, 11) is 0. The maximum Gasteiger partial charge on any atom is 0.256 e. The van der Waals surface area contributed by atoms with E-state index in [2.05, 4.69) is 20.8 Å². The molecular formula is C21H19ClN4O2S. The average Bonchev–Trinajstić information content (AvgIpc) is 2.71. The van der Waals surface area contributed by atoms with Gasteiger partial charge >= 0.3 is 0 Å². The molecule has 2 amide bonds. The second-order valence-electron chi connectivity index (χ2n) is 6.38. The molecule has 6 nitrogen and oxygen atoms in total. The molecule has 2 N–H and O–H groups in total. The minimum Gasteiger partial charge on any atom is -0.325 e. The predicted octanol–water partition coefficient (Wildman–Crippen LogP) is 4.73. The van der Waals surface area contributed by atoms with Gasteiger partial charge < -0.3 is 10.6 Å². The average molecular weight is 427 g/mol. The number of benzene rings is 2. The molecule has 0 saturated heterocycles. The molecule has 1 heterocycles. The van der Waals surface area contributed by atoms with Crippen LogP contribution in [0.1, 0.15) is 21.5 Å². The highest BCUT2D eigenvalue weighted by Gasteiger charge is 2.09. The standard InChI is InChI=1S/C21H19ClN4O2S/c1-13-3-6-15(7-4-13)21(28)24-18-9-10-20(26-25-18)29-12-19(27)23-16-8-5-14(2)17(22)11-16/h3-11H,12H2,1-2H3,(H,23,27)(H,24,25,28). The predicted molar refractivity (Wildman–Crippen MR) is 117 cm³/mol. The van der Waals surface area contributed by atoms with Crippen LogP contribution in [-0.4, -0.2) is 27.8 Å². The summed E-state index contributed by atoms with van der Waals surface area (Å²) in [6.45, 7) is 3.86. The second-order valence-corrected chi connectivity index (χ2v) is 7.78. The van der Waals surface area contributed by atoms with E-state index in [9.17, 15) is 9.59 Å². The normalized spacial score (nSPS) is 10.4. The van der Waals surface area contributed by atoms with Gasteiger partial charge in [-0.2, -0.15) is 0 Å². The van der Waals surface area contributed by atoms with Gasteiger partial charge in [-0.15, -0.1) is 10.2 Å². The van der Waals surface area contributed by atoms with Crippen LogP contribution in [-0.2, 0) is 4.79 Å². The minimum absolute atomic E-state index is 0.173. The first-order valence-corrected chi connectivity index (χ1v) is 10.2. The molecule has 0 aliphatic rings. The van der Waals surface area contributed by atoms with Crippen molar-refractivity contribution in [2.24, 2.45) is 0 Å². The Balaban J connectivity index is 1.50. The molecule has 1 aromatic heterocycles. The summed E-state index contributed by atoms with van der Waals surface area (Å²) in [4.78, 5) is 24.3. The molecule has 0 atom stereocenters. The quantitative estimate of drug-likeness (QED) is 0.556. The SMILES string of the molecule is Cc1ccc(C(=O)Nc2ccc(SCC(=O)Nc3ccc(C)c(Cl)c3)nn2)cc1. The summed E-state index contributed by atoms with van der Waals surface area (Å²) in [5.41, 5.74) is 3.22. The zero-order valence-electron chi connectivity index (χ0n) is 15.9. The van der Waals surface area contributed by atoms with Gasteiger partial charge in [-0.05, 0) is 55.8 Å². The zero-order valence-corrected chi connectivity index (χ0v) is 17.5. The molecule has 0 unspecified atom stereocenters. The van der Waals surface area contributed by atoms with E-state index in [0.29, 0.717) is 27.1 Å². The number of anilines is 2. The Morgan fingerprint density at radius 3 is 2.38 bits per heavy atom. The Hall–Kier alpha value is -2.90. The summed E-state index contributed by atoms with van der Waals surface area (Å²) >= 11 is 7.31. The highest BCUT2D eigenvalue weighted by molar-refractivity contribution is 7.99. The summed E-state index contributed by atoms with van der Waals surface area (Å²) in [6.07, 6.45) is 0. The van der Waals surface area contributed by atoms with Crippen molar-refractivity contribution in [3.05, 3.63) is 76.3 Å². The maximum absolute atomic E-state index is 12.2. The number of aromatic nitrogens is 2. The Morgan fingerprint density at radius 1 is 0.966 bits per heavy atom. The van der Waals surface area contributed by atoms with Crippen LogP contribution in [0.5, 0.6) is 0 Å². The van der Waals surface area contributed by atoms with E-state index in [1.165, 1.54) is 11.8 Å². The van der Waals surface area contributed by atoms with Crippen molar-refractivity contribution < 1.29 is 9.59 Å². The molecule has 2 aromatic carbocycles. The van der Waals surface area contributed by atoms with Crippen LogP contribution in [0.4, 0.5) is 11.5 Å². The topological polar surface area (TPSA) is 84.0 Å². The Bertz CT molecular complexity index is 1020. The fraction of sp³-hybridized carbons (Fsp3) is 0.143. The first-order valence-electron chi connectivity index (χ1n) is 8.81. The van der Waals surface area contributed by atoms with E-state index in [4.69, 9.17) is 11.6 Å². The fourth-order valence-electron chi connectivity index (χ4n) is 2.36. The van der Waals surface area contributed by atoms with Crippen LogP contribution in [0.2, 0.25) is 5.02 Å². The van der Waals surface area contributed by atoms with Crippen molar-refractivity contribution in [1.82, 2.24) is 10.2 Å².